The Morgan fingerprint density at radius 2 is 2.10 bits per heavy atom. The van der Waals surface area contributed by atoms with Crippen LogP contribution in [0.15, 0.2) is 18.2 Å². The number of nitrogens with zero attached hydrogens (tertiary/aromatic N) is 2. The highest BCUT2D eigenvalue weighted by Gasteiger charge is 2.26. The number of hydrogen-bond donors (Lipinski definition) is 1. The van der Waals surface area contributed by atoms with Gasteiger partial charge in [0.1, 0.15) is 5.69 Å². The molecule has 114 valence electrons. The van der Waals surface area contributed by atoms with Gasteiger partial charge in [-0.15, -0.1) is 0 Å². The second kappa shape index (κ2) is 6.56. The zero-order valence-electron chi connectivity index (χ0n) is 12.1. The minimum atomic E-state index is -0.757. The Labute approximate surface area is 123 Å². The molecular weight excluding hydrogens is 272 g/mol. The standard InChI is InChI=1S/C15H20N2O4/c1-11-3-2-4-13(17(20)21)15(11)16-9-7-12(8-10-16)5-6-14(18)19/h2-4,12H,5-10H2,1H3,(H,18,19). The molecule has 6 nitrogen and oxygen atoms in total. The van der Waals surface area contributed by atoms with Gasteiger partial charge in [0.05, 0.1) is 4.92 Å². The SMILES string of the molecule is Cc1cccc([N+](=O)[O-])c1N1CCC(CCC(=O)O)CC1. The number of hydrogen-bond acceptors (Lipinski definition) is 4. The number of rotatable bonds is 5. The average Bonchev–Trinajstić information content (AvgIpc) is 2.45. The van der Waals surface area contributed by atoms with Crippen LogP contribution in [0.1, 0.15) is 31.2 Å². The summed E-state index contributed by atoms with van der Waals surface area (Å²) in [5, 5.41) is 19.9. The number of carboxylic acids is 1. The highest BCUT2D eigenvalue weighted by molar-refractivity contribution is 5.68. The summed E-state index contributed by atoms with van der Waals surface area (Å²) in [6, 6.07) is 5.13. The Morgan fingerprint density at radius 3 is 2.67 bits per heavy atom. The van der Waals surface area contributed by atoms with Gasteiger partial charge in [-0.2, -0.15) is 0 Å². The first-order valence-corrected chi connectivity index (χ1v) is 7.19. The van der Waals surface area contributed by atoms with Crippen LogP contribution >= 0.6 is 0 Å². The van der Waals surface area contributed by atoms with Gasteiger partial charge in [0.25, 0.3) is 5.69 Å². The maximum atomic E-state index is 11.2. The number of nitro groups is 1. The topological polar surface area (TPSA) is 83.7 Å². The molecule has 1 aromatic carbocycles. The number of piperidine rings is 1. The molecule has 1 aromatic rings. The third kappa shape index (κ3) is 3.71. The molecule has 1 N–H and O–H groups in total. The van der Waals surface area contributed by atoms with E-state index in [0.717, 1.165) is 31.5 Å². The van der Waals surface area contributed by atoms with Crippen LogP contribution in [0.4, 0.5) is 11.4 Å². The van der Waals surface area contributed by atoms with Gasteiger partial charge in [0.15, 0.2) is 0 Å². The zero-order chi connectivity index (χ0) is 15.4. The molecule has 0 spiro atoms. The van der Waals surface area contributed by atoms with Crippen molar-refractivity contribution in [3.05, 3.63) is 33.9 Å². The predicted molar refractivity (Wildman–Crippen MR) is 79.6 cm³/mol. The van der Waals surface area contributed by atoms with Crippen molar-refractivity contribution < 1.29 is 14.8 Å². The lowest BCUT2D eigenvalue weighted by atomic mass is 9.91. The van der Waals surface area contributed by atoms with E-state index >= 15 is 0 Å². The van der Waals surface area contributed by atoms with Gasteiger partial charge in [-0.05, 0) is 37.7 Å². The number of benzene rings is 1. The van der Waals surface area contributed by atoms with E-state index in [0.29, 0.717) is 18.0 Å². The van der Waals surface area contributed by atoms with Gasteiger partial charge >= 0.3 is 5.97 Å². The number of anilines is 1. The van der Waals surface area contributed by atoms with Crippen molar-refractivity contribution in [1.29, 1.82) is 0 Å². The Hall–Kier alpha value is -2.11. The molecule has 6 heteroatoms. The van der Waals surface area contributed by atoms with Crippen LogP contribution in [0.25, 0.3) is 0 Å². The summed E-state index contributed by atoms with van der Waals surface area (Å²) in [4.78, 5) is 23.5. The second-order valence-corrected chi connectivity index (χ2v) is 5.56. The predicted octanol–water partition coefficient (Wildman–Crippen LogP) is 2.98. The van der Waals surface area contributed by atoms with Gasteiger partial charge in [-0.1, -0.05) is 12.1 Å². The van der Waals surface area contributed by atoms with E-state index in [1.165, 1.54) is 0 Å². The Kier molecular flexibility index (Phi) is 4.77. The van der Waals surface area contributed by atoms with Crippen LogP contribution in [0.3, 0.4) is 0 Å². The van der Waals surface area contributed by atoms with Gasteiger partial charge in [-0.3, -0.25) is 14.9 Å². The summed E-state index contributed by atoms with van der Waals surface area (Å²) in [5.74, 6) is -0.354. The number of carbonyl (C=O) groups is 1. The number of para-hydroxylation sites is 1. The summed E-state index contributed by atoms with van der Waals surface area (Å²) in [5.41, 5.74) is 1.77. The quantitative estimate of drug-likeness (QED) is 0.666. The van der Waals surface area contributed by atoms with Crippen molar-refractivity contribution >= 4 is 17.3 Å². The molecule has 0 atom stereocenters. The molecule has 1 saturated heterocycles. The van der Waals surface area contributed by atoms with Crippen molar-refractivity contribution in [2.45, 2.75) is 32.6 Å². The molecule has 0 aliphatic carbocycles. The third-order valence-electron chi connectivity index (χ3n) is 4.11. The van der Waals surface area contributed by atoms with Crippen molar-refractivity contribution in [3.63, 3.8) is 0 Å². The summed E-state index contributed by atoms with van der Waals surface area (Å²) in [6.45, 7) is 3.38. The maximum absolute atomic E-state index is 11.2. The van der Waals surface area contributed by atoms with Crippen molar-refractivity contribution in [3.8, 4) is 0 Å². The summed E-state index contributed by atoms with van der Waals surface area (Å²) < 4.78 is 0. The molecule has 0 amide bonds. The molecule has 21 heavy (non-hydrogen) atoms. The second-order valence-electron chi connectivity index (χ2n) is 5.56. The highest BCUT2D eigenvalue weighted by Crippen LogP contribution is 2.34. The van der Waals surface area contributed by atoms with Gasteiger partial charge in [0.2, 0.25) is 0 Å². The fraction of sp³-hybridized carbons (Fsp3) is 0.533. The Bertz CT molecular complexity index is 536. The number of carboxylic acid groups (broad SMARTS) is 1. The minimum absolute atomic E-state index is 0.152. The number of aliphatic carboxylic acids is 1. The molecule has 0 aromatic heterocycles. The van der Waals surface area contributed by atoms with Crippen LogP contribution in [-0.4, -0.2) is 29.1 Å². The van der Waals surface area contributed by atoms with E-state index in [9.17, 15) is 14.9 Å². The minimum Gasteiger partial charge on any atom is -0.481 e. The normalized spacial score (nSPS) is 16.0. The van der Waals surface area contributed by atoms with Gasteiger partial charge in [0, 0.05) is 25.6 Å². The first-order valence-electron chi connectivity index (χ1n) is 7.19. The molecule has 0 radical (unpaired) electrons. The van der Waals surface area contributed by atoms with Crippen LogP contribution < -0.4 is 4.90 Å². The number of aryl methyl sites for hydroxylation is 1. The monoisotopic (exact) mass is 292 g/mol. The van der Waals surface area contributed by atoms with Crippen LogP contribution in [0, 0.1) is 23.0 Å². The lowest BCUT2D eigenvalue weighted by molar-refractivity contribution is -0.384. The van der Waals surface area contributed by atoms with Gasteiger partial charge < -0.3 is 10.0 Å². The zero-order valence-corrected chi connectivity index (χ0v) is 12.1. The first-order chi connectivity index (χ1) is 9.99. The molecule has 0 unspecified atom stereocenters. The van der Waals surface area contributed by atoms with E-state index in [2.05, 4.69) is 4.90 Å². The maximum Gasteiger partial charge on any atom is 0.303 e. The average molecular weight is 292 g/mol. The first kappa shape index (κ1) is 15.3. The molecular formula is C15H20N2O4. The van der Waals surface area contributed by atoms with E-state index < -0.39 is 5.97 Å². The van der Waals surface area contributed by atoms with Crippen LogP contribution in [-0.2, 0) is 4.79 Å². The molecule has 0 saturated carbocycles. The summed E-state index contributed by atoms with van der Waals surface area (Å²) in [6.07, 6.45) is 2.67. The Balaban J connectivity index is 2.06. The fourth-order valence-electron chi connectivity index (χ4n) is 2.98. The van der Waals surface area contributed by atoms with Gasteiger partial charge in [-0.25, -0.2) is 0 Å². The fourth-order valence-corrected chi connectivity index (χ4v) is 2.98. The largest absolute Gasteiger partial charge is 0.481 e. The van der Waals surface area contributed by atoms with Crippen molar-refractivity contribution in [2.24, 2.45) is 5.92 Å². The van der Waals surface area contributed by atoms with Crippen LogP contribution in [0.5, 0.6) is 0 Å². The molecule has 1 fully saturated rings. The highest BCUT2D eigenvalue weighted by atomic mass is 16.6. The van der Waals surface area contributed by atoms with Crippen LogP contribution in [0.2, 0.25) is 0 Å². The smallest absolute Gasteiger partial charge is 0.303 e. The van der Waals surface area contributed by atoms with E-state index in [1.54, 1.807) is 12.1 Å². The van der Waals surface area contributed by atoms with E-state index in [4.69, 9.17) is 5.11 Å². The van der Waals surface area contributed by atoms with E-state index in [1.807, 2.05) is 13.0 Å². The summed E-state index contributed by atoms with van der Waals surface area (Å²) in [7, 11) is 0. The van der Waals surface area contributed by atoms with Crippen molar-refractivity contribution in [2.75, 3.05) is 18.0 Å². The Morgan fingerprint density at radius 1 is 1.43 bits per heavy atom. The number of nitro benzene ring substituents is 1. The molecule has 1 aliphatic rings. The van der Waals surface area contributed by atoms with E-state index in [-0.39, 0.29) is 17.0 Å². The molecule has 2 rings (SSSR count). The third-order valence-corrected chi connectivity index (χ3v) is 4.11. The summed E-state index contributed by atoms with van der Waals surface area (Å²) >= 11 is 0. The molecule has 0 bridgehead atoms. The lowest BCUT2D eigenvalue weighted by Gasteiger charge is -2.34. The molecule has 1 heterocycles. The lowest BCUT2D eigenvalue weighted by Crippen LogP contribution is -2.34. The van der Waals surface area contributed by atoms with Crippen molar-refractivity contribution in [1.82, 2.24) is 0 Å². The molecule has 1 aliphatic heterocycles.